The predicted octanol–water partition coefficient (Wildman–Crippen LogP) is 2.54. The van der Waals surface area contributed by atoms with Gasteiger partial charge in [0.25, 0.3) is 0 Å². The van der Waals surface area contributed by atoms with Crippen molar-refractivity contribution in [3.63, 3.8) is 0 Å². The summed E-state index contributed by atoms with van der Waals surface area (Å²) >= 11 is 0. The molecule has 0 aliphatic carbocycles. The van der Waals surface area contributed by atoms with E-state index in [1.54, 1.807) is 23.5 Å². The smallest absolute Gasteiger partial charge is 0.322 e. The minimum atomic E-state index is -0.120. The van der Waals surface area contributed by atoms with Crippen molar-refractivity contribution >= 4 is 11.7 Å². The molecule has 1 N–H and O–H groups in total. The number of nitrogens with one attached hydrogen (secondary N) is 1. The average Bonchev–Trinajstić information content (AvgIpc) is 3.18. The minimum Gasteiger partial charge on any atom is -0.487 e. The highest BCUT2D eigenvalue weighted by molar-refractivity contribution is 5.89. The molecular weight excluding hydrogens is 294 g/mol. The van der Waals surface area contributed by atoms with Crippen LogP contribution in [0.15, 0.2) is 36.9 Å². The number of carbonyl (C=O) groups excluding carboxylic acids is 1. The molecule has 2 aromatic rings. The molecule has 0 spiro atoms. The van der Waals surface area contributed by atoms with Crippen LogP contribution in [0.4, 0.5) is 10.5 Å². The van der Waals surface area contributed by atoms with E-state index in [2.05, 4.69) is 15.4 Å². The van der Waals surface area contributed by atoms with Crippen LogP contribution in [-0.4, -0.2) is 44.9 Å². The van der Waals surface area contributed by atoms with Crippen molar-refractivity contribution in [2.75, 3.05) is 18.4 Å². The average molecular weight is 315 g/mol. The third kappa shape index (κ3) is 3.80. The van der Waals surface area contributed by atoms with Gasteiger partial charge in [-0.2, -0.15) is 5.10 Å². The molecule has 0 unspecified atom stereocenters. The van der Waals surface area contributed by atoms with Gasteiger partial charge < -0.3 is 15.0 Å². The second kappa shape index (κ2) is 6.68. The Morgan fingerprint density at radius 3 is 3.00 bits per heavy atom. The molecule has 1 aliphatic heterocycles. The van der Waals surface area contributed by atoms with Gasteiger partial charge in [-0.1, -0.05) is 0 Å². The van der Waals surface area contributed by atoms with E-state index in [1.165, 1.54) is 0 Å². The summed E-state index contributed by atoms with van der Waals surface area (Å²) in [5.41, 5.74) is 0.709. The van der Waals surface area contributed by atoms with Crippen LogP contribution in [0.2, 0.25) is 0 Å². The SMILES string of the molecule is CC(C)n1cc(NC(=O)N2CC[C@@H](Oc3cccnc3)C2)cn1. The van der Waals surface area contributed by atoms with Crippen LogP contribution in [0.3, 0.4) is 0 Å². The Labute approximate surface area is 135 Å². The van der Waals surface area contributed by atoms with Gasteiger partial charge >= 0.3 is 6.03 Å². The third-order valence-corrected chi connectivity index (χ3v) is 3.75. The van der Waals surface area contributed by atoms with Crippen LogP contribution in [-0.2, 0) is 0 Å². The Balaban J connectivity index is 1.52. The Morgan fingerprint density at radius 2 is 2.30 bits per heavy atom. The molecule has 23 heavy (non-hydrogen) atoms. The van der Waals surface area contributed by atoms with Crippen LogP contribution < -0.4 is 10.1 Å². The van der Waals surface area contributed by atoms with E-state index in [-0.39, 0.29) is 18.2 Å². The maximum Gasteiger partial charge on any atom is 0.322 e. The molecular formula is C16H21N5O2. The first-order valence-electron chi connectivity index (χ1n) is 7.78. The van der Waals surface area contributed by atoms with Crippen molar-refractivity contribution in [3.8, 4) is 5.75 Å². The monoisotopic (exact) mass is 315 g/mol. The first-order valence-corrected chi connectivity index (χ1v) is 7.78. The van der Waals surface area contributed by atoms with Crippen molar-refractivity contribution in [1.29, 1.82) is 0 Å². The Bertz CT molecular complexity index is 656. The second-order valence-electron chi connectivity index (χ2n) is 5.90. The first-order chi connectivity index (χ1) is 11.1. The van der Waals surface area contributed by atoms with E-state index in [4.69, 9.17) is 4.74 Å². The maximum absolute atomic E-state index is 12.3. The van der Waals surface area contributed by atoms with Gasteiger partial charge in [0, 0.05) is 31.4 Å². The van der Waals surface area contributed by atoms with Gasteiger partial charge in [0.15, 0.2) is 0 Å². The number of urea groups is 1. The molecule has 7 nitrogen and oxygen atoms in total. The largest absolute Gasteiger partial charge is 0.487 e. The van der Waals surface area contributed by atoms with Crippen molar-refractivity contribution in [3.05, 3.63) is 36.9 Å². The van der Waals surface area contributed by atoms with Crippen LogP contribution in [0, 0.1) is 0 Å². The van der Waals surface area contributed by atoms with Crippen LogP contribution in [0.5, 0.6) is 5.75 Å². The molecule has 1 fully saturated rings. The predicted molar refractivity (Wildman–Crippen MR) is 86.5 cm³/mol. The molecule has 122 valence electrons. The summed E-state index contributed by atoms with van der Waals surface area (Å²) in [4.78, 5) is 18.1. The fraction of sp³-hybridized carbons (Fsp3) is 0.438. The summed E-state index contributed by atoms with van der Waals surface area (Å²) in [5.74, 6) is 0.734. The standard InChI is InChI=1S/C16H21N5O2/c1-12(2)21-10-13(8-18-21)19-16(22)20-7-5-15(11-20)23-14-4-3-6-17-9-14/h3-4,6,8-10,12,15H,5,7,11H2,1-2H3,(H,19,22)/t15-/m1/s1. The summed E-state index contributed by atoms with van der Waals surface area (Å²) in [6, 6.07) is 3.85. The number of carbonyl (C=O) groups is 1. The number of hydrogen-bond acceptors (Lipinski definition) is 4. The number of hydrogen-bond donors (Lipinski definition) is 1. The molecule has 1 atom stereocenters. The zero-order chi connectivity index (χ0) is 16.2. The van der Waals surface area contributed by atoms with Gasteiger partial charge in [-0.25, -0.2) is 4.79 Å². The normalized spacial score (nSPS) is 17.5. The van der Waals surface area contributed by atoms with Crippen molar-refractivity contribution in [2.24, 2.45) is 0 Å². The van der Waals surface area contributed by atoms with Gasteiger partial charge in [0.05, 0.1) is 24.6 Å². The van der Waals surface area contributed by atoms with E-state index in [0.717, 1.165) is 12.2 Å². The molecule has 3 rings (SSSR count). The van der Waals surface area contributed by atoms with Crippen molar-refractivity contribution in [2.45, 2.75) is 32.4 Å². The lowest BCUT2D eigenvalue weighted by Gasteiger charge is -2.17. The number of aromatic nitrogens is 3. The van der Waals surface area contributed by atoms with E-state index < -0.39 is 0 Å². The molecule has 0 bridgehead atoms. The molecule has 3 heterocycles. The van der Waals surface area contributed by atoms with E-state index >= 15 is 0 Å². The van der Waals surface area contributed by atoms with E-state index in [0.29, 0.717) is 18.8 Å². The molecule has 7 heteroatoms. The summed E-state index contributed by atoms with van der Waals surface area (Å²) in [6.45, 7) is 5.33. The zero-order valence-corrected chi connectivity index (χ0v) is 13.3. The molecule has 1 saturated heterocycles. The quantitative estimate of drug-likeness (QED) is 0.941. The number of amides is 2. The number of rotatable bonds is 4. The Kier molecular flexibility index (Phi) is 4.45. The zero-order valence-electron chi connectivity index (χ0n) is 13.3. The molecule has 2 aromatic heterocycles. The lowest BCUT2D eigenvalue weighted by molar-refractivity contribution is 0.194. The first kappa shape index (κ1) is 15.3. The highest BCUT2D eigenvalue weighted by Gasteiger charge is 2.27. The fourth-order valence-electron chi connectivity index (χ4n) is 2.51. The number of pyridine rings is 1. The molecule has 2 amide bonds. The van der Waals surface area contributed by atoms with E-state index in [1.807, 2.05) is 36.9 Å². The van der Waals surface area contributed by atoms with Gasteiger partial charge in [-0.3, -0.25) is 9.67 Å². The van der Waals surface area contributed by atoms with Gasteiger partial charge in [-0.15, -0.1) is 0 Å². The molecule has 0 radical (unpaired) electrons. The summed E-state index contributed by atoms with van der Waals surface area (Å²) in [7, 11) is 0. The third-order valence-electron chi connectivity index (χ3n) is 3.75. The van der Waals surface area contributed by atoms with Crippen molar-refractivity contribution in [1.82, 2.24) is 19.7 Å². The summed E-state index contributed by atoms with van der Waals surface area (Å²) in [5, 5.41) is 7.10. The highest BCUT2D eigenvalue weighted by atomic mass is 16.5. The molecule has 0 saturated carbocycles. The van der Waals surface area contributed by atoms with Gasteiger partial charge in [0.2, 0.25) is 0 Å². The molecule has 0 aromatic carbocycles. The van der Waals surface area contributed by atoms with E-state index in [9.17, 15) is 4.79 Å². The second-order valence-corrected chi connectivity index (χ2v) is 5.90. The highest BCUT2D eigenvalue weighted by Crippen LogP contribution is 2.18. The number of likely N-dealkylation sites (tertiary alicyclic amines) is 1. The number of anilines is 1. The topological polar surface area (TPSA) is 72.3 Å². The van der Waals surface area contributed by atoms with Crippen molar-refractivity contribution < 1.29 is 9.53 Å². The maximum atomic E-state index is 12.3. The number of nitrogens with zero attached hydrogens (tertiary/aromatic N) is 4. The summed E-state index contributed by atoms with van der Waals surface area (Å²) < 4.78 is 7.65. The fourth-order valence-corrected chi connectivity index (χ4v) is 2.51. The van der Waals surface area contributed by atoms with Crippen LogP contribution in [0.25, 0.3) is 0 Å². The lowest BCUT2D eigenvalue weighted by Crippen LogP contribution is -2.34. The number of ether oxygens (including phenoxy) is 1. The lowest BCUT2D eigenvalue weighted by atomic mass is 10.3. The Morgan fingerprint density at radius 1 is 1.43 bits per heavy atom. The minimum absolute atomic E-state index is 0.00309. The van der Waals surface area contributed by atoms with Gasteiger partial charge in [0.1, 0.15) is 11.9 Å². The van der Waals surface area contributed by atoms with Gasteiger partial charge in [-0.05, 0) is 26.0 Å². The summed E-state index contributed by atoms with van der Waals surface area (Å²) in [6.07, 6.45) is 7.71. The van der Waals surface area contributed by atoms with Crippen LogP contribution >= 0.6 is 0 Å². The Hall–Kier alpha value is -2.57. The van der Waals surface area contributed by atoms with Crippen LogP contribution in [0.1, 0.15) is 26.3 Å². The molecule has 1 aliphatic rings.